The van der Waals surface area contributed by atoms with Crippen molar-refractivity contribution in [2.75, 3.05) is 0 Å². The summed E-state index contributed by atoms with van der Waals surface area (Å²) in [5, 5.41) is 14.7. The maximum atomic E-state index is 12.6. The lowest BCUT2D eigenvalue weighted by Gasteiger charge is -2.22. The van der Waals surface area contributed by atoms with Crippen molar-refractivity contribution in [1.82, 2.24) is 5.01 Å². The lowest BCUT2D eigenvalue weighted by atomic mass is 10.0. The first kappa shape index (κ1) is 17.4. The van der Waals surface area contributed by atoms with E-state index < -0.39 is 5.97 Å². The van der Waals surface area contributed by atoms with Gasteiger partial charge in [0.05, 0.1) is 12.3 Å². The second-order valence-corrected chi connectivity index (χ2v) is 6.70. The second-order valence-electron chi connectivity index (χ2n) is 5.78. The minimum atomic E-state index is -0.904. The van der Waals surface area contributed by atoms with Crippen molar-refractivity contribution in [3.8, 4) is 0 Å². The Labute approximate surface area is 153 Å². The van der Waals surface area contributed by atoms with Crippen LogP contribution in [0.1, 0.15) is 43.0 Å². The summed E-state index contributed by atoms with van der Waals surface area (Å²) in [6.07, 6.45) is 2.54. The molecule has 1 N–H and O–H groups in total. The highest BCUT2D eigenvalue weighted by molar-refractivity contribution is 9.10. The number of hydrazone groups is 1. The topological polar surface area (TPSA) is 83.1 Å². The van der Waals surface area contributed by atoms with E-state index in [1.807, 2.05) is 30.3 Å². The molecule has 1 aromatic heterocycles. The Balaban J connectivity index is 1.81. The number of furan rings is 1. The van der Waals surface area contributed by atoms with E-state index in [1.165, 1.54) is 5.01 Å². The van der Waals surface area contributed by atoms with Crippen LogP contribution in [-0.2, 0) is 9.59 Å². The van der Waals surface area contributed by atoms with Gasteiger partial charge in [0.1, 0.15) is 11.5 Å². The molecule has 7 heteroatoms. The van der Waals surface area contributed by atoms with Crippen molar-refractivity contribution in [3.05, 3.63) is 58.5 Å². The van der Waals surface area contributed by atoms with Crippen LogP contribution in [-0.4, -0.2) is 27.7 Å². The van der Waals surface area contributed by atoms with Crippen molar-refractivity contribution < 1.29 is 19.1 Å². The molecule has 0 saturated heterocycles. The van der Waals surface area contributed by atoms with Gasteiger partial charge in [0, 0.05) is 23.7 Å². The van der Waals surface area contributed by atoms with Gasteiger partial charge in [-0.25, -0.2) is 5.01 Å². The SMILES string of the molecule is O=C(O)CCCC(=O)N1N=C(c2ccco2)C[C@@H]1c1ccc(Br)cc1. The third-order valence-corrected chi connectivity index (χ3v) is 4.54. The average Bonchev–Trinajstić information content (AvgIpc) is 3.24. The Kier molecular flexibility index (Phi) is 5.33. The minimum Gasteiger partial charge on any atom is -0.481 e. The normalized spacial score (nSPS) is 16.8. The van der Waals surface area contributed by atoms with Crippen LogP contribution in [0.4, 0.5) is 0 Å². The van der Waals surface area contributed by atoms with Crippen LogP contribution in [0.2, 0.25) is 0 Å². The van der Waals surface area contributed by atoms with Gasteiger partial charge in [-0.1, -0.05) is 28.1 Å². The molecule has 0 fully saturated rings. The summed E-state index contributed by atoms with van der Waals surface area (Å²) in [7, 11) is 0. The fraction of sp³-hybridized carbons (Fsp3) is 0.278. The second kappa shape index (κ2) is 7.65. The molecule has 3 rings (SSSR count). The first-order valence-electron chi connectivity index (χ1n) is 7.95. The quantitative estimate of drug-likeness (QED) is 0.788. The van der Waals surface area contributed by atoms with E-state index in [-0.39, 0.29) is 24.8 Å². The van der Waals surface area contributed by atoms with Crippen LogP contribution in [0.3, 0.4) is 0 Å². The third-order valence-electron chi connectivity index (χ3n) is 4.01. The molecular formula is C18H17BrN2O4. The van der Waals surface area contributed by atoms with E-state index in [1.54, 1.807) is 12.3 Å². The smallest absolute Gasteiger partial charge is 0.303 e. The molecule has 0 aliphatic carbocycles. The minimum absolute atomic E-state index is 0.0305. The molecule has 1 aromatic carbocycles. The molecule has 0 radical (unpaired) electrons. The lowest BCUT2D eigenvalue weighted by molar-refractivity contribution is -0.137. The zero-order valence-electron chi connectivity index (χ0n) is 13.4. The summed E-state index contributed by atoms with van der Waals surface area (Å²) in [6.45, 7) is 0. The number of carbonyl (C=O) groups is 2. The summed E-state index contributed by atoms with van der Waals surface area (Å²) < 4.78 is 6.37. The number of aliphatic carboxylic acids is 1. The largest absolute Gasteiger partial charge is 0.481 e. The van der Waals surface area contributed by atoms with Crippen LogP contribution in [0.15, 0.2) is 56.7 Å². The molecule has 0 bridgehead atoms. The van der Waals surface area contributed by atoms with Crippen LogP contribution in [0.5, 0.6) is 0 Å². The number of halogens is 1. The van der Waals surface area contributed by atoms with Gasteiger partial charge in [-0.2, -0.15) is 5.10 Å². The van der Waals surface area contributed by atoms with Crippen molar-refractivity contribution in [2.45, 2.75) is 31.7 Å². The number of hydrogen-bond donors (Lipinski definition) is 1. The van der Waals surface area contributed by atoms with E-state index in [4.69, 9.17) is 9.52 Å². The molecule has 1 atom stereocenters. The number of rotatable bonds is 6. The van der Waals surface area contributed by atoms with Gasteiger partial charge < -0.3 is 9.52 Å². The molecule has 25 heavy (non-hydrogen) atoms. The zero-order valence-corrected chi connectivity index (χ0v) is 15.0. The molecule has 0 unspecified atom stereocenters. The molecule has 0 saturated carbocycles. The summed E-state index contributed by atoms with van der Waals surface area (Å²) in [5.41, 5.74) is 1.68. The van der Waals surface area contributed by atoms with Gasteiger partial charge in [0.25, 0.3) is 0 Å². The molecule has 2 aromatic rings. The first-order chi connectivity index (χ1) is 12.0. The standard InChI is InChI=1S/C18H17BrN2O4/c19-13-8-6-12(7-9-13)15-11-14(16-3-2-10-25-16)20-21(15)17(22)4-1-5-18(23)24/h2-3,6-10,15H,1,4-5,11H2,(H,23,24)/t15-/m1/s1. The molecule has 2 heterocycles. The number of amides is 1. The van der Waals surface area contributed by atoms with E-state index in [2.05, 4.69) is 21.0 Å². The molecule has 1 aliphatic heterocycles. The van der Waals surface area contributed by atoms with Crippen molar-refractivity contribution in [1.29, 1.82) is 0 Å². The Morgan fingerprint density at radius 3 is 2.64 bits per heavy atom. The first-order valence-corrected chi connectivity index (χ1v) is 8.74. The maximum absolute atomic E-state index is 12.6. The van der Waals surface area contributed by atoms with Gasteiger partial charge in [-0.3, -0.25) is 9.59 Å². The Morgan fingerprint density at radius 1 is 1.24 bits per heavy atom. The fourth-order valence-electron chi connectivity index (χ4n) is 2.78. The molecular weight excluding hydrogens is 388 g/mol. The number of hydrogen-bond acceptors (Lipinski definition) is 4. The van der Waals surface area contributed by atoms with Crippen LogP contribution in [0.25, 0.3) is 0 Å². The van der Waals surface area contributed by atoms with Crippen LogP contribution < -0.4 is 0 Å². The Hall–Kier alpha value is -2.41. The van der Waals surface area contributed by atoms with Gasteiger partial charge >= 0.3 is 5.97 Å². The van der Waals surface area contributed by atoms with Gasteiger partial charge in [0.15, 0.2) is 0 Å². The maximum Gasteiger partial charge on any atom is 0.303 e. The zero-order chi connectivity index (χ0) is 17.8. The molecule has 130 valence electrons. The van der Waals surface area contributed by atoms with Gasteiger partial charge in [-0.05, 0) is 36.2 Å². The Bertz CT molecular complexity index is 784. The highest BCUT2D eigenvalue weighted by Crippen LogP contribution is 2.34. The Morgan fingerprint density at radius 2 is 2.00 bits per heavy atom. The van der Waals surface area contributed by atoms with Gasteiger partial charge in [-0.15, -0.1) is 0 Å². The van der Waals surface area contributed by atoms with E-state index in [0.717, 1.165) is 10.0 Å². The summed E-state index contributed by atoms with van der Waals surface area (Å²) >= 11 is 3.41. The molecule has 1 amide bonds. The summed E-state index contributed by atoms with van der Waals surface area (Å²) in [6, 6.07) is 11.1. The monoisotopic (exact) mass is 404 g/mol. The van der Waals surface area contributed by atoms with Crippen LogP contribution >= 0.6 is 15.9 Å². The van der Waals surface area contributed by atoms with Crippen molar-refractivity contribution in [3.63, 3.8) is 0 Å². The lowest BCUT2D eigenvalue weighted by Crippen LogP contribution is -2.27. The molecule has 0 spiro atoms. The summed E-state index contributed by atoms with van der Waals surface area (Å²) in [5.74, 6) is -0.447. The highest BCUT2D eigenvalue weighted by atomic mass is 79.9. The van der Waals surface area contributed by atoms with Crippen molar-refractivity contribution >= 4 is 33.5 Å². The van der Waals surface area contributed by atoms with Gasteiger partial charge in [0.2, 0.25) is 5.91 Å². The van der Waals surface area contributed by atoms with Crippen LogP contribution in [0, 0.1) is 0 Å². The van der Waals surface area contributed by atoms with Crippen molar-refractivity contribution in [2.24, 2.45) is 5.10 Å². The number of carboxylic acids is 1. The molecule has 1 aliphatic rings. The number of carbonyl (C=O) groups excluding carboxylic acids is 1. The number of nitrogens with zero attached hydrogens (tertiary/aromatic N) is 2. The van der Waals surface area contributed by atoms with E-state index in [0.29, 0.717) is 24.3 Å². The molecule has 6 nitrogen and oxygen atoms in total. The number of benzene rings is 1. The average molecular weight is 405 g/mol. The highest BCUT2D eigenvalue weighted by Gasteiger charge is 2.33. The van der Waals surface area contributed by atoms with E-state index >= 15 is 0 Å². The third kappa shape index (κ3) is 4.17. The fourth-order valence-corrected chi connectivity index (χ4v) is 3.05. The number of carboxylic acid groups (broad SMARTS) is 1. The predicted molar refractivity (Wildman–Crippen MR) is 95.1 cm³/mol. The predicted octanol–water partition coefficient (Wildman–Crippen LogP) is 3.97. The summed E-state index contributed by atoms with van der Waals surface area (Å²) in [4.78, 5) is 23.2. The van der Waals surface area contributed by atoms with E-state index in [9.17, 15) is 9.59 Å².